The van der Waals surface area contributed by atoms with Crippen molar-refractivity contribution in [3.63, 3.8) is 0 Å². The normalized spacial score (nSPS) is 15.4. The number of amides is 1. The van der Waals surface area contributed by atoms with E-state index in [1.165, 1.54) is 11.7 Å². The molecule has 1 aliphatic rings. The highest BCUT2D eigenvalue weighted by molar-refractivity contribution is 6.09. The molecule has 0 aliphatic heterocycles. The van der Waals surface area contributed by atoms with Gasteiger partial charge in [0.15, 0.2) is 5.65 Å². The molecule has 1 aliphatic carbocycles. The summed E-state index contributed by atoms with van der Waals surface area (Å²) in [6, 6.07) is 3.59. The van der Waals surface area contributed by atoms with Crippen molar-refractivity contribution in [2.24, 2.45) is 5.73 Å². The van der Waals surface area contributed by atoms with Crippen LogP contribution in [-0.2, 0) is 5.41 Å². The van der Waals surface area contributed by atoms with E-state index in [-0.39, 0.29) is 41.1 Å². The Balaban J connectivity index is 2.05. The number of primary amides is 1. The van der Waals surface area contributed by atoms with E-state index in [9.17, 15) is 18.0 Å². The number of halogens is 3. The van der Waals surface area contributed by atoms with Crippen molar-refractivity contribution in [1.82, 2.24) is 14.5 Å². The average Bonchev–Trinajstić information content (AvgIpc) is 3.43. The Morgan fingerprint density at radius 2 is 1.93 bits per heavy atom. The third-order valence-corrected chi connectivity index (χ3v) is 5.75. The first kappa shape index (κ1) is 20.0. The summed E-state index contributed by atoms with van der Waals surface area (Å²) in [6.45, 7) is 3.64. The van der Waals surface area contributed by atoms with Crippen LogP contribution < -0.4 is 16.2 Å². The van der Waals surface area contributed by atoms with Gasteiger partial charge in [-0.25, -0.2) is 9.97 Å². The zero-order chi connectivity index (χ0) is 22.0. The maximum atomic E-state index is 13.6. The fourth-order valence-corrected chi connectivity index (χ4v) is 3.95. The first-order chi connectivity index (χ1) is 14.0. The number of nitrogen functional groups attached to an aromatic ring is 1. The van der Waals surface area contributed by atoms with Gasteiger partial charge >= 0.3 is 6.18 Å². The molecule has 3 aromatic rings. The molecule has 2 aromatic heterocycles. The van der Waals surface area contributed by atoms with Gasteiger partial charge in [-0.1, -0.05) is 6.07 Å². The van der Waals surface area contributed by atoms with Crippen LogP contribution in [0.4, 0.5) is 19.0 Å². The zero-order valence-electron chi connectivity index (χ0n) is 16.6. The lowest BCUT2D eigenvalue weighted by molar-refractivity contribution is -0.161. The molecule has 1 aromatic carbocycles. The number of carbonyl (C=O) groups excluding carboxylic acids is 1. The molecular formula is C20H20F3N5O2. The number of anilines is 1. The molecule has 7 nitrogen and oxygen atoms in total. The molecule has 2 heterocycles. The summed E-state index contributed by atoms with van der Waals surface area (Å²) >= 11 is 0. The summed E-state index contributed by atoms with van der Waals surface area (Å²) < 4.78 is 47.6. The van der Waals surface area contributed by atoms with Crippen LogP contribution in [0, 0.1) is 13.8 Å². The van der Waals surface area contributed by atoms with E-state index in [0.717, 1.165) is 17.3 Å². The highest BCUT2D eigenvalue weighted by atomic mass is 19.4. The van der Waals surface area contributed by atoms with Crippen molar-refractivity contribution < 1.29 is 22.7 Å². The van der Waals surface area contributed by atoms with Crippen molar-refractivity contribution in [2.75, 3.05) is 12.8 Å². The summed E-state index contributed by atoms with van der Waals surface area (Å²) in [7, 11) is 1.52. The topological polar surface area (TPSA) is 109 Å². The summed E-state index contributed by atoms with van der Waals surface area (Å²) in [5, 5.41) is 0. The summed E-state index contributed by atoms with van der Waals surface area (Å²) in [5.41, 5.74) is 11.6. The number of benzene rings is 1. The van der Waals surface area contributed by atoms with Crippen molar-refractivity contribution >= 4 is 22.9 Å². The van der Waals surface area contributed by atoms with Crippen LogP contribution in [-0.4, -0.2) is 33.7 Å². The number of fused-ring (bicyclic) bond motifs is 1. The Morgan fingerprint density at radius 1 is 1.27 bits per heavy atom. The van der Waals surface area contributed by atoms with Gasteiger partial charge in [0, 0.05) is 5.56 Å². The first-order valence-electron chi connectivity index (χ1n) is 9.22. The molecule has 0 unspecified atom stereocenters. The minimum absolute atomic E-state index is 0.0361. The van der Waals surface area contributed by atoms with Gasteiger partial charge in [-0.3, -0.25) is 9.36 Å². The number of nitrogens with two attached hydrogens (primary N) is 2. The van der Waals surface area contributed by atoms with Gasteiger partial charge in [-0.2, -0.15) is 13.2 Å². The lowest BCUT2D eigenvalue weighted by Crippen LogP contribution is -2.29. The third-order valence-electron chi connectivity index (χ3n) is 5.75. The van der Waals surface area contributed by atoms with Crippen LogP contribution in [0.25, 0.3) is 16.9 Å². The van der Waals surface area contributed by atoms with Gasteiger partial charge in [0.05, 0.1) is 24.7 Å². The Bertz CT molecular complexity index is 1200. The molecule has 1 amide bonds. The second-order valence-corrected chi connectivity index (χ2v) is 7.53. The molecule has 158 valence electrons. The Morgan fingerprint density at radius 3 is 2.47 bits per heavy atom. The second-order valence-electron chi connectivity index (χ2n) is 7.53. The smallest absolute Gasteiger partial charge is 0.400 e. The fraction of sp³-hybridized carbons (Fsp3) is 0.350. The minimum atomic E-state index is -4.46. The zero-order valence-corrected chi connectivity index (χ0v) is 16.6. The lowest BCUT2D eigenvalue weighted by Gasteiger charge is -2.18. The predicted octanol–water partition coefficient (Wildman–Crippen LogP) is 3.32. The van der Waals surface area contributed by atoms with Crippen LogP contribution in [0.5, 0.6) is 5.75 Å². The Labute approximate surface area is 169 Å². The quantitative estimate of drug-likeness (QED) is 0.674. The standard InChI is InChI=1S/C20H20F3N5O2/c1-9-4-5-11(30-3)10(2)15(9)28-16(24)13(17(25)29)14-18(28)26-8-12(27-14)19(6-7-19)20(21,22)23/h4-5,8H,6-7,24H2,1-3H3,(H2,25,29). The molecule has 4 N–H and O–H groups in total. The van der Waals surface area contributed by atoms with Gasteiger partial charge in [0.1, 0.15) is 28.1 Å². The van der Waals surface area contributed by atoms with Crippen LogP contribution in [0.15, 0.2) is 18.3 Å². The van der Waals surface area contributed by atoms with Crippen molar-refractivity contribution in [3.8, 4) is 11.4 Å². The van der Waals surface area contributed by atoms with Crippen LogP contribution in [0.3, 0.4) is 0 Å². The average molecular weight is 419 g/mol. The largest absolute Gasteiger partial charge is 0.496 e. The van der Waals surface area contributed by atoms with Crippen LogP contribution in [0.2, 0.25) is 0 Å². The second kappa shape index (κ2) is 6.35. The van der Waals surface area contributed by atoms with Crippen LogP contribution >= 0.6 is 0 Å². The maximum absolute atomic E-state index is 13.6. The molecule has 1 saturated carbocycles. The van der Waals surface area contributed by atoms with Gasteiger partial charge in [0.25, 0.3) is 5.91 Å². The van der Waals surface area contributed by atoms with Gasteiger partial charge < -0.3 is 16.2 Å². The van der Waals surface area contributed by atoms with E-state index in [1.54, 1.807) is 19.1 Å². The molecule has 0 spiro atoms. The third kappa shape index (κ3) is 2.62. The summed E-state index contributed by atoms with van der Waals surface area (Å²) in [4.78, 5) is 20.6. The predicted molar refractivity (Wildman–Crippen MR) is 105 cm³/mol. The highest BCUT2D eigenvalue weighted by Crippen LogP contribution is 2.58. The molecule has 0 bridgehead atoms. The van der Waals surface area contributed by atoms with E-state index in [0.29, 0.717) is 11.4 Å². The van der Waals surface area contributed by atoms with E-state index >= 15 is 0 Å². The van der Waals surface area contributed by atoms with Gasteiger partial charge in [-0.05, 0) is 38.3 Å². The van der Waals surface area contributed by atoms with Crippen molar-refractivity contribution in [2.45, 2.75) is 38.3 Å². The number of ether oxygens (including phenoxy) is 1. The molecule has 0 saturated heterocycles. The molecule has 1 fully saturated rings. The summed E-state index contributed by atoms with van der Waals surface area (Å²) in [5.74, 6) is -0.347. The van der Waals surface area contributed by atoms with Crippen molar-refractivity contribution in [3.05, 3.63) is 40.7 Å². The maximum Gasteiger partial charge on any atom is 0.400 e. The van der Waals surface area contributed by atoms with E-state index in [4.69, 9.17) is 16.2 Å². The number of hydrogen-bond donors (Lipinski definition) is 2. The van der Waals surface area contributed by atoms with E-state index in [2.05, 4.69) is 9.97 Å². The fourth-order valence-electron chi connectivity index (χ4n) is 3.95. The SMILES string of the molecule is COc1ccc(C)c(-n2c(N)c(C(N)=O)c3nc(C4(C(F)(F)F)CC4)cnc32)c1C. The molecule has 0 radical (unpaired) electrons. The van der Waals surface area contributed by atoms with Gasteiger partial charge in [0.2, 0.25) is 0 Å². The Kier molecular flexibility index (Phi) is 4.23. The molecule has 10 heteroatoms. The monoisotopic (exact) mass is 419 g/mol. The molecule has 4 rings (SSSR count). The first-order valence-corrected chi connectivity index (χ1v) is 9.22. The summed E-state index contributed by atoms with van der Waals surface area (Å²) in [6.07, 6.45) is -3.51. The lowest BCUT2D eigenvalue weighted by atomic mass is 10.0. The number of alkyl halides is 3. The number of aryl methyl sites for hydroxylation is 1. The highest BCUT2D eigenvalue weighted by Gasteiger charge is 2.65. The number of carbonyl (C=O) groups is 1. The number of nitrogens with zero attached hydrogens (tertiary/aromatic N) is 3. The Hall–Kier alpha value is -3.30. The number of methoxy groups -OCH3 is 1. The number of hydrogen-bond acceptors (Lipinski definition) is 5. The molecule has 0 atom stereocenters. The van der Waals surface area contributed by atoms with Crippen molar-refractivity contribution in [1.29, 1.82) is 0 Å². The molecule has 30 heavy (non-hydrogen) atoms. The minimum Gasteiger partial charge on any atom is -0.496 e. The van der Waals surface area contributed by atoms with Gasteiger partial charge in [-0.15, -0.1) is 0 Å². The van der Waals surface area contributed by atoms with Crippen LogP contribution in [0.1, 0.15) is 40.0 Å². The van der Waals surface area contributed by atoms with E-state index in [1.807, 2.05) is 6.92 Å². The van der Waals surface area contributed by atoms with E-state index < -0.39 is 17.5 Å². The number of rotatable bonds is 4. The number of aromatic nitrogens is 3. The molecular weight excluding hydrogens is 399 g/mol.